The maximum absolute atomic E-state index is 5.41. The normalized spacial score (nSPS) is 18.2. The Labute approximate surface area is 305 Å². The van der Waals surface area contributed by atoms with Crippen LogP contribution in [0.25, 0.3) is 55.9 Å². The van der Waals surface area contributed by atoms with E-state index in [-0.39, 0.29) is 16.9 Å². The molecule has 250 valence electrons. The molecular formula is C48H38N4. The number of aliphatic imine (C=N–C) groups is 1. The molecule has 2 aromatic heterocycles. The summed E-state index contributed by atoms with van der Waals surface area (Å²) in [5, 5.41) is 3.92. The summed E-state index contributed by atoms with van der Waals surface area (Å²) < 4.78 is 0. The van der Waals surface area contributed by atoms with Gasteiger partial charge in [0.25, 0.3) is 0 Å². The molecule has 0 amide bonds. The quantitative estimate of drug-likeness (QED) is 0.203. The third-order valence-electron chi connectivity index (χ3n) is 11.7. The molecule has 1 aliphatic heterocycles. The van der Waals surface area contributed by atoms with Crippen molar-refractivity contribution >= 4 is 17.1 Å². The highest BCUT2D eigenvalue weighted by molar-refractivity contribution is 6.10. The van der Waals surface area contributed by atoms with Crippen LogP contribution in [0.15, 0.2) is 151 Å². The summed E-state index contributed by atoms with van der Waals surface area (Å²) in [5.41, 5.74) is 20.4. The maximum Gasteiger partial charge on any atom is 0.0944 e. The van der Waals surface area contributed by atoms with Gasteiger partial charge in [-0.15, -0.1) is 0 Å². The van der Waals surface area contributed by atoms with Crippen molar-refractivity contribution in [1.82, 2.24) is 15.3 Å². The number of aromatic nitrogens is 2. The second-order valence-corrected chi connectivity index (χ2v) is 15.4. The first-order valence-electron chi connectivity index (χ1n) is 18.1. The van der Waals surface area contributed by atoms with Crippen LogP contribution in [0.3, 0.4) is 0 Å². The fourth-order valence-corrected chi connectivity index (χ4v) is 8.82. The Balaban J connectivity index is 1.09. The summed E-state index contributed by atoms with van der Waals surface area (Å²) in [7, 11) is 0. The highest BCUT2D eigenvalue weighted by Crippen LogP contribution is 2.52. The van der Waals surface area contributed by atoms with Gasteiger partial charge in [-0.2, -0.15) is 0 Å². The largest absolute Gasteiger partial charge is 0.371 e. The molecule has 4 aliphatic rings. The first kappa shape index (κ1) is 30.7. The molecule has 0 fully saturated rings. The lowest BCUT2D eigenvalue weighted by molar-refractivity contribution is 0.660. The molecular weight excluding hydrogens is 633 g/mol. The van der Waals surface area contributed by atoms with Crippen LogP contribution in [-0.4, -0.2) is 21.7 Å². The smallest absolute Gasteiger partial charge is 0.0944 e. The monoisotopic (exact) mass is 670 g/mol. The van der Waals surface area contributed by atoms with Crippen LogP contribution in [0, 0.1) is 0 Å². The molecule has 1 N–H and O–H groups in total. The van der Waals surface area contributed by atoms with Gasteiger partial charge in [0, 0.05) is 46.7 Å². The summed E-state index contributed by atoms with van der Waals surface area (Å²) >= 11 is 0. The van der Waals surface area contributed by atoms with Crippen LogP contribution in [-0.2, 0) is 10.8 Å². The molecule has 52 heavy (non-hydrogen) atoms. The number of nitrogens with zero attached hydrogens (tertiary/aromatic N) is 3. The van der Waals surface area contributed by atoms with E-state index in [2.05, 4.69) is 164 Å². The summed E-state index contributed by atoms with van der Waals surface area (Å²) in [6, 6.07) is 36.1. The minimum absolute atomic E-state index is 0.0202. The highest BCUT2D eigenvalue weighted by atomic mass is 15.0. The summed E-state index contributed by atoms with van der Waals surface area (Å²) in [5.74, 6) is 0. The van der Waals surface area contributed by atoms with Gasteiger partial charge >= 0.3 is 0 Å². The SMILES string of the molecule is CC1(C)c2cc(C3=C(c4ccc5c(c4)C(C)(C)c4cc(-c6ccncc6)ccc4-5)NC4C=CC=CC4=N3)ccc2-c2ccc(-c3ccncc3)cc21. The zero-order valence-electron chi connectivity index (χ0n) is 29.8. The molecule has 4 heteroatoms. The van der Waals surface area contributed by atoms with Gasteiger partial charge in [0.05, 0.1) is 23.1 Å². The molecule has 0 saturated heterocycles. The zero-order chi connectivity index (χ0) is 35.2. The number of allylic oxidation sites excluding steroid dienone is 2. The molecule has 0 saturated carbocycles. The molecule has 0 bridgehead atoms. The topological polar surface area (TPSA) is 50.2 Å². The average molecular weight is 671 g/mol. The highest BCUT2D eigenvalue weighted by Gasteiger charge is 2.38. The molecule has 6 aromatic rings. The van der Waals surface area contributed by atoms with Crippen LogP contribution in [0.4, 0.5) is 0 Å². The van der Waals surface area contributed by atoms with Crippen LogP contribution >= 0.6 is 0 Å². The van der Waals surface area contributed by atoms with Crippen molar-refractivity contribution in [2.45, 2.75) is 44.6 Å². The fourth-order valence-electron chi connectivity index (χ4n) is 8.82. The Morgan fingerprint density at radius 1 is 0.481 bits per heavy atom. The first-order valence-corrected chi connectivity index (χ1v) is 18.1. The number of fused-ring (bicyclic) bond motifs is 7. The van der Waals surface area contributed by atoms with E-state index < -0.39 is 0 Å². The number of pyridine rings is 2. The number of hydrogen-bond acceptors (Lipinski definition) is 4. The Kier molecular flexibility index (Phi) is 6.60. The maximum atomic E-state index is 5.41. The third kappa shape index (κ3) is 4.57. The van der Waals surface area contributed by atoms with Gasteiger partial charge in [-0.25, -0.2) is 4.99 Å². The van der Waals surface area contributed by atoms with Crippen LogP contribution in [0.2, 0.25) is 0 Å². The van der Waals surface area contributed by atoms with E-state index in [1.165, 1.54) is 66.8 Å². The Morgan fingerprint density at radius 3 is 1.44 bits per heavy atom. The van der Waals surface area contributed by atoms with E-state index in [9.17, 15) is 0 Å². The third-order valence-corrected chi connectivity index (χ3v) is 11.7. The van der Waals surface area contributed by atoms with E-state index in [0.717, 1.165) is 28.2 Å². The second kappa shape index (κ2) is 11.2. The minimum Gasteiger partial charge on any atom is -0.371 e. The molecule has 0 spiro atoms. The molecule has 3 aliphatic carbocycles. The molecule has 1 atom stereocenters. The van der Waals surface area contributed by atoms with Gasteiger partial charge in [0.1, 0.15) is 0 Å². The van der Waals surface area contributed by atoms with E-state index in [1.54, 1.807) is 0 Å². The molecule has 3 heterocycles. The van der Waals surface area contributed by atoms with Crippen molar-refractivity contribution in [3.05, 3.63) is 180 Å². The fraction of sp³-hybridized carbons (Fsp3) is 0.146. The van der Waals surface area contributed by atoms with Crippen LogP contribution in [0.1, 0.15) is 61.1 Å². The molecule has 10 rings (SSSR count). The van der Waals surface area contributed by atoms with Gasteiger partial charge in [0.2, 0.25) is 0 Å². The van der Waals surface area contributed by atoms with Gasteiger partial charge in [-0.05, 0) is 121 Å². The van der Waals surface area contributed by atoms with Crippen molar-refractivity contribution in [3.8, 4) is 44.5 Å². The van der Waals surface area contributed by atoms with Gasteiger partial charge in [0.15, 0.2) is 0 Å². The zero-order valence-corrected chi connectivity index (χ0v) is 29.8. The minimum atomic E-state index is -0.172. The number of benzene rings is 4. The average Bonchev–Trinajstić information content (AvgIpc) is 3.56. The van der Waals surface area contributed by atoms with E-state index in [4.69, 9.17) is 4.99 Å². The van der Waals surface area contributed by atoms with Crippen molar-refractivity contribution in [3.63, 3.8) is 0 Å². The van der Waals surface area contributed by atoms with Gasteiger partial charge in [-0.1, -0.05) is 94.5 Å². The Bertz CT molecular complexity index is 2590. The van der Waals surface area contributed by atoms with Gasteiger partial charge in [-0.3, -0.25) is 9.97 Å². The summed E-state index contributed by atoms with van der Waals surface area (Å²) in [6.07, 6.45) is 16.0. The number of nitrogens with one attached hydrogen (secondary N) is 1. The predicted octanol–water partition coefficient (Wildman–Crippen LogP) is 10.8. The first-order chi connectivity index (χ1) is 25.3. The van der Waals surface area contributed by atoms with Gasteiger partial charge < -0.3 is 5.32 Å². The second-order valence-electron chi connectivity index (χ2n) is 15.4. The van der Waals surface area contributed by atoms with E-state index in [1.807, 2.05) is 24.8 Å². The number of hydrogen-bond donors (Lipinski definition) is 1. The predicted molar refractivity (Wildman–Crippen MR) is 214 cm³/mol. The molecule has 0 radical (unpaired) electrons. The van der Waals surface area contributed by atoms with Crippen molar-refractivity contribution in [1.29, 1.82) is 0 Å². The van der Waals surface area contributed by atoms with Crippen LogP contribution < -0.4 is 5.32 Å². The van der Waals surface area contributed by atoms with E-state index >= 15 is 0 Å². The molecule has 1 unspecified atom stereocenters. The van der Waals surface area contributed by atoms with Crippen molar-refractivity contribution in [2.75, 3.05) is 0 Å². The van der Waals surface area contributed by atoms with Crippen LogP contribution in [0.5, 0.6) is 0 Å². The summed E-state index contributed by atoms with van der Waals surface area (Å²) in [4.78, 5) is 13.9. The molecule has 4 aromatic carbocycles. The Morgan fingerprint density at radius 2 is 0.923 bits per heavy atom. The lowest BCUT2D eigenvalue weighted by atomic mass is 9.80. The lowest BCUT2D eigenvalue weighted by Crippen LogP contribution is -2.37. The molecule has 4 nitrogen and oxygen atoms in total. The lowest BCUT2D eigenvalue weighted by Gasteiger charge is -2.29. The number of rotatable bonds is 4. The van der Waals surface area contributed by atoms with Crippen molar-refractivity contribution in [2.24, 2.45) is 4.99 Å². The summed E-state index contributed by atoms with van der Waals surface area (Å²) in [6.45, 7) is 9.41. The standard InChI is InChI=1S/C48H38N4/c1-47(2)39-25-31(29-17-21-49-22-18-29)9-13-35(39)37-15-11-33(27-41(37)47)45-46(52-44-8-6-5-7-43(44)51-45)34-12-16-38-36-14-10-32(30-19-23-50-24-20-30)26-40(36)48(3,4)42(38)28-34/h5-28,43,51H,1-4H3. The van der Waals surface area contributed by atoms with E-state index in [0.29, 0.717) is 0 Å². The van der Waals surface area contributed by atoms with Crippen molar-refractivity contribution < 1.29 is 0 Å². The Hall–Kier alpha value is -6.13.